The maximum atomic E-state index is 12.0. The molecule has 3 rings (SSSR count). The van der Waals surface area contributed by atoms with E-state index in [1.54, 1.807) is 24.3 Å². The maximum absolute atomic E-state index is 12.0. The third-order valence-electron chi connectivity index (χ3n) is 3.77. The molecule has 24 heavy (non-hydrogen) atoms. The Morgan fingerprint density at radius 2 is 1.92 bits per heavy atom. The molecule has 1 aliphatic carbocycles. The molecule has 2 aromatic carbocycles. The van der Waals surface area contributed by atoms with Crippen molar-refractivity contribution in [2.45, 2.75) is 25.8 Å². The maximum Gasteiger partial charge on any atom is 0.262 e. The van der Waals surface area contributed by atoms with Gasteiger partial charge in [0.1, 0.15) is 5.75 Å². The van der Waals surface area contributed by atoms with E-state index in [0.717, 1.165) is 18.4 Å². The largest absolute Gasteiger partial charge is 0.483 e. The van der Waals surface area contributed by atoms with Gasteiger partial charge in [-0.1, -0.05) is 24.3 Å². The first-order chi connectivity index (χ1) is 11.6. The lowest BCUT2D eigenvalue weighted by Crippen LogP contribution is -2.25. The minimum atomic E-state index is -0.266. The van der Waals surface area contributed by atoms with E-state index in [1.807, 2.05) is 31.2 Å². The summed E-state index contributed by atoms with van der Waals surface area (Å²) in [6, 6.07) is 14.7. The van der Waals surface area contributed by atoms with Crippen molar-refractivity contribution in [2.24, 2.45) is 0 Å². The molecule has 0 bridgehead atoms. The summed E-state index contributed by atoms with van der Waals surface area (Å²) in [5.41, 5.74) is 2.10. The van der Waals surface area contributed by atoms with Crippen LogP contribution in [0.25, 0.3) is 0 Å². The van der Waals surface area contributed by atoms with Gasteiger partial charge in [-0.2, -0.15) is 0 Å². The number of hydrogen-bond acceptors (Lipinski definition) is 3. The molecule has 0 heterocycles. The molecule has 5 heteroatoms. The van der Waals surface area contributed by atoms with E-state index in [4.69, 9.17) is 4.74 Å². The van der Waals surface area contributed by atoms with Crippen LogP contribution in [-0.2, 0) is 4.79 Å². The number of carbonyl (C=O) groups is 2. The van der Waals surface area contributed by atoms with Gasteiger partial charge in [0.2, 0.25) is 0 Å². The Morgan fingerprint density at radius 3 is 2.67 bits per heavy atom. The molecule has 0 radical (unpaired) electrons. The zero-order valence-electron chi connectivity index (χ0n) is 13.5. The van der Waals surface area contributed by atoms with Crippen molar-refractivity contribution in [3.63, 3.8) is 0 Å². The van der Waals surface area contributed by atoms with Crippen molar-refractivity contribution in [1.29, 1.82) is 0 Å². The fourth-order valence-electron chi connectivity index (χ4n) is 2.29. The zero-order valence-corrected chi connectivity index (χ0v) is 13.5. The van der Waals surface area contributed by atoms with Crippen molar-refractivity contribution in [1.82, 2.24) is 5.32 Å². The van der Waals surface area contributed by atoms with Crippen molar-refractivity contribution in [2.75, 3.05) is 11.9 Å². The van der Waals surface area contributed by atoms with Crippen LogP contribution in [0.4, 0.5) is 5.69 Å². The van der Waals surface area contributed by atoms with Gasteiger partial charge in [0.25, 0.3) is 11.8 Å². The lowest BCUT2D eigenvalue weighted by Gasteiger charge is -2.10. The number of aryl methyl sites for hydroxylation is 1. The Morgan fingerprint density at radius 1 is 1.12 bits per heavy atom. The molecule has 0 aliphatic heterocycles. The number of amides is 2. The van der Waals surface area contributed by atoms with Crippen LogP contribution in [0.2, 0.25) is 0 Å². The summed E-state index contributed by atoms with van der Waals surface area (Å²) < 4.78 is 5.52. The topological polar surface area (TPSA) is 67.4 Å². The summed E-state index contributed by atoms with van der Waals surface area (Å²) in [6.07, 6.45) is 2.08. The lowest BCUT2D eigenvalue weighted by atomic mass is 10.2. The molecule has 2 aromatic rings. The van der Waals surface area contributed by atoms with Crippen LogP contribution in [0.1, 0.15) is 28.8 Å². The summed E-state index contributed by atoms with van der Waals surface area (Å²) in [5, 5.41) is 5.68. The standard InChI is InChI=1S/C19H20N2O3/c1-13-5-2-3-8-17(13)24-12-18(22)20-16-7-4-6-14(11-16)19(23)21-15-9-10-15/h2-8,11,15H,9-10,12H2,1H3,(H,20,22)(H,21,23). The van der Waals surface area contributed by atoms with E-state index < -0.39 is 0 Å². The summed E-state index contributed by atoms with van der Waals surface area (Å²) in [6.45, 7) is 1.85. The molecular weight excluding hydrogens is 304 g/mol. The van der Waals surface area contributed by atoms with E-state index in [1.165, 1.54) is 0 Å². The summed E-state index contributed by atoms with van der Waals surface area (Å²) in [5.74, 6) is 0.313. The van der Waals surface area contributed by atoms with Crippen LogP contribution in [0.15, 0.2) is 48.5 Å². The number of carbonyl (C=O) groups excluding carboxylic acids is 2. The predicted octanol–water partition coefficient (Wildman–Crippen LogP) is 2.90. The molecule has 1 aliphatic rings. The smallest absolute Gasteiger partial charge is 0.262 e. The van der Waals surface area contributed by atoms with Crippen LogP contribution < -0.4 is 15.4 Å². The lowest BCUT2D eigenvalue weighted by molar-refractivity contribution is -0.118. The first-order valence-electron chi connectivity index (χ1n) is 8.01. The molecular formula is C19H20N2O3. The van der Waals surface area contributed by atoms with Crippen LogP contribution in [0, 0.1) is 6.92 Å². The van der Waals surface area contributed by atoms with Gasteiger partial charge in [0.05, 0.1) is 0 Å². The highest BCUT2D eigenvalue weighted by atomic mass is 16.5. The number of rotatable bonds is 6. The normalized spacial score (nSPS) is 13.2. The first kappa shape index (κ1) is 16.1. The van der Waals surface area contributed by atoms with Gasteiger partial charge in [0.15, 0.2) is 6.61 Å². The second-order valence-corrected chi connectivity index (χ2v) is 5.93. The predicted molar refractivity (Wildman–Crippen MR) is 92.2 cm³/mol. The third-order valence-corrected chi connectivity index (χ3v) is 3.77. The number of benzene rings is 2. The van der Waals surface area contributed by atoms with Gasteiger partial charge in [0, 0.05) is 17.3 Å². The highest BCUT2D eigenvalue weighted by molar-refractivity contribution is 5.97. The highest BCUT2D eigenvalue weighted by Gasteiger charge is 2.23. The molecule has 1 saturated carbocycles. The van der Waals surface area contributed by atoms with Gasteiger partial charge in [-0.15, -0.1) is 0 Å². The second kappa shape index (κ2) is 7.17. The summed E-state index contributed by atoms with van der Waals surface area (Å²) in [4.78, 5) is 24.1. The summed E-state index contributed by atoms with van der Waals surface area (Å²) >= 11 is 0. The van der Waals surface area contributed by atoms with Crippen molar-refractivity contribution in [3.8, 4) is 5.75 Å². The zero-order chi connectivity index (χ0) is 16.9. The fraction of sp³-hybridized carbons (Fsp3) is 0.263. The van der Waals surface area contributed by atoms with Gasteiger partial charge in [-0.3, -0.25) is 9.59 Å². The van der Waals surface area contributed by atoms with Gasteiger partial charge in [-0.05, 0) is 49.6 Å². The average molecular weight is 324 g/mol. The molecule has 124 valence electrons. The molecule has 0 spiro atoms. The Bertz CT molecular complexity index is 754. The Labute approximate surface area is 141 Å². The van der Waals surface area contributed by atoms with Crippen molar-refractivity contribution in [3.05, 3.63) is 59.7 Å². The van der Waals surface area contributed by atoms with Gasteiger partial charge >= 0.3 is 0 Å². The minimum absolute atomic E-state index is 0.0800. The van der Waals surface area contributed by atoms with E-state index >= 15 is 0 Å². The van der Waals surface area contributed by atoms with Crippen LogP contribution in [0.3, 0.4) is 0 Å². The minimum Gasteiger partial charge on any atom is -0.483 e. The highest BCUT2D eigenvalue weighted by Crippen LogP contribution is 2.20. The van der Waals surface area contributed by atoms with E-state index in [0.29, 0.717) is 23.0 Å². The number of ether oxygens (including phenoxy) is 1. The third kappa shape index (κ3) is 4.35. The molecule has 0 aromatic heterocycles. The number of para-hydroxylation sites is 1. The first-order valence-corrected chi connectivity index (χ1v) is 8.01. The van der Waals surface area contributed by atoms with Crippen LogP contribution >= 0.6 is 0 Å². The SMILES string of the molecule is Cc1ccccc1OCC(=O)Nc1cccc(C(=O)NC2CC2)c1. The number of nitrogens with one attached hydrogen (secondary N) is 2. The molecule has 0 unspecified atom stereocenters. The van der Waals surface area contributed by atoms with Crippen LogP contribution in [-0.4, -0.2) is 24.5 Å². The molecule has 0 atom stereocenters. The molecule has 2 amide bonds. The molecule has 1 fully saturated rings. The van der Waals surface area contributed by atoms with Crippen molar-refractivity contribution < 1.29 is 14.3 Å². The van der Waals surface area contributed by atoms with E-state index in [9.17, 15) is 9.59 Å². The molecule has 0 saturated heterocycles. The van der Waals surface area contributed by atoms with Crippen LogP contribution in [0.5, 0.6) is 5.75 Å². The monoisotopic (exact) mass is 324 g/mol. The Hall–Kier alpha value is -2.82. The summed E-state index contributed by atoms with van der Waals surface area (Å²) in [7, 11) is 0. The quantitative estimate of drug-likeness (QED) is 0.858. The second-order valence-electron chi connectivity index (χ2n) is 5.93. The Balaban J connectivity index is 1.56. The van der Waals surface area contributed by atoms with E-state index in [2.05, 4.69) is 10.6 Å². The number of anilines is 1. The van der Waals surface area contributed by atoms with Crippen molar-refractivity contribution >= 4 is 17.5 Å². The Kier molecular flexibility index (Phi) is 4.79. The molecule has 2 N–H and O–H groups in total. The average Bonchev–Trinajstić information content (AvgIpc) is 3.38. The van der Waals surface area contributed by atoms with Gasteiger partial charge in [-0.25, -0.2) is 0 Å². The fourth-order valence-corrected chi connectivity index (χ4v) is 2.29. The number of hydrogen-bond donors (Lipinski definition) is 2. The molecule has 5 nitrogen and oxygen atoms in total. The van der Waals surface area contributed by atoms with Gasteiger partial charge < -0.3 is 15.4 Å². The van der Waals surface area contributed by atoms with E-state index in [-0.39, 0.29) is 18.4 Å².